The summed E-state index contributed by atoms with van der Waals surface area (Å²) in [6.45, 7) is 0. The summed E-state index contributed by atoms with van der Waals surface area (Å²) in [6.07, 6.45) is 2.46. The van der Waals surface area contributed by atoms with Crippen molar-refractivity contribution in [1.29, 1.82) is 0 Å². The number of anilines is 2. The Hall–Kier alpha value is -2.61. The monoisotopic (exact) mass is 437 g/mol. The van der Waals surface area contributed by atoms with E-state index >= 15 is 0 Å². The molecule has 0 radical (unpaired) electrons. The molecule has 1 aromatic heterocycles. The van der Waals surface area contributed by atoms with Gasteiger partial charge in [-0.05, 0) is 54.7 Å². The van der Waals surface area contributed by atoms with Crippen molar-refractivity contribution >= 4 is 39.2 Å². The molecule has 2 aliphatic heterocycles. The average molecular weight is 438 g/mol. The van der Waals surface area contributed by atoms with E-state index in [0.29, 0.717) is 5.82 Å². The van der Waals surface area contributed by atoms with Crippen molar-refractivity contribution < 1.29 is 9.59 Å². The second-order valence-electron chi connectivity index (χ2n) is 7.82. The van der Waals surface area contributed by atoms with Crippen LogP contribution in [0.5, 0.6) is 0 Å². The maximum absolute atomic E-state index is 13.2. The van der Waals surface area contributed by atoms with Crippen molar-refractivity contribution in [1.82, 2.24) is 4.98 Å². The number of hydrogen-bond donors (Lipinski definition) is 0. The first-order valence-corrected chi connectivity index (χ1v) is 10.2. The van der Waals surface area contributed by atoms with Gasteiger partial charge in [-0.25, -0.2) is 14.9 Å². The van der Waals surface area contributed by atoms with Gasteiger partial charge in [0.05, 0.1) is 29.6 Å². The van der Waals surface area contributed by atoms with Crippen molar-refractivity contribution in [2.24, 2.45) is 34.0 Å². The van der Waals surface area contributed by atoms with Gasteiger partial charge in [0.1, 0.15) is 5.82 Å². The molecule has 2 bridgehead atoms. The summed E-state index contributed by atoms with van der Waals surface area (Å²) in [6, 6.07) is 13.2. The highest BCUT2D eigenvalue weighted by Crippen LogP contribution is 2.60. The Morgan fingerprint density at radius 3 is 2.43 bits per heavy atom. The van der Waals surface area contributed by atoms with Gasteiger partial charge in [-0.3, -0.25) is 9.59 Å². The number of nitrogens with zero attached hydrogens (tertiary/aromatic N) is 5. The molecule has 6 rings (SSSR count). The lowest BCUT2D eigenvalue weighted by Crippen LogP contribution is -2.47. The Bertz CT molecular complexity index is 1010. The molecule has 6 atom stereocenters. The van der Waals surface area contributed by atoms with Gasteiger partial charge in [-0.15, -0.1) is 0 Å². The van der Waals surface area contributed by atoms with E-state index in [-0.39, 0.29) is 47.6 Å². The summed E-state index contributed by atoms with van der Waals surface area (Å²) in [5, 5.41) is 10.9. The number of carbonyl (C=O) groups excluding carboxylic acids is 2. The fourth-order valence-electron chi connectivity index (χ4n) is 5.61. The maximum atomic E-state index is 13.2. The second kappa shape index (κ2) is 5.70. The first-order chi connectivity index (χ1) is 13.6. The lowest BCUT2D eigenvalue weighted by molar-refractivity contribution is -0.123. The molecule has 3 heterocycles. The summed E-state index contributed by atoms with van der Waals surface area (Å²) in [5.74, 6) is -0.299. The molecule has 2 saturated carbocycles. The summed E-state index contributed by atoms with van der Waals surface area (Å²) >= 11 is 3.46. The van der Waals surface area contributed by atoms with Gasteiger partial charge in [0.25, 0.3) is 0 Å². The van der Waals surface area contributed by atoms with Gasteiger partial charge in [0, 0.05) is 10.7 Å². The van der Waals surface area contributed by atoms with Crippen molar-refractivity contribution in [2.75, 3.05) is 9.91 Å². The van der Waals surface area contributed by atoms with E-state index in [2.05, 4.69) is 31.3 Å². The maximum Gasteiger partial charge on any atom is 0.239 e. The quantitative estimate of drug-likeness (QED) is 0.675. The fraction of sp³-hybridized carbons (Fsp3) is 0.350. The zero-order valence-corrected chi connectivity index (χ0v) is 16.3. The van der Waals surface area contributed by atoms with Gasteiger partial charge in [-0.2, -0.15) is 5.11 Å². The van der Waals surface area contributed by atoms with Crippen LogP contribution >= 0.6 is 15.9 Å². The smallest absolute Gasteiger partial charge is 0.239 e. The predicted molar refractivity (Wildman–Crippen MR) is 104 cm³/mol. The van der Waals surface area contributed by atoms with Crippen molar-refractivity contribution in [2.45, 2.75) is 18.5 Å². The number of hydrogen-bond acceptors (Lipinski definition) is 6. The Labute approximate surface area is 169 Å². The number of fused-ring (bicyclic) bond motifs is 8. The van der Waals surface area contributed by atoms with E-state index < -0.39 is 0 Å². The molecule has 0 unspecified atom stereocenters. The highest BCUT2D eigenvalue weighted by Gasteiger charge is 2.70. The van der Waals surface area contributed by atoms with Crippen LogP contribution in [0.25, 0.3) is 0 Å². The highest BCUT2D eigenvalue weighted by atomic mass is 79.9. The highest BCUT2D eigenvalue weighted by molar-refractivity contribution is 9.10. The molecule has 2 aliphatic carbocycles. The fourth-order valence-corrected chi connectivity index (χ4v) is 5.88. The van der Waals surface area contributed by atoms with Crippen LogP contribution in [-0.4, -0.2) is 28.9 Å². The van der Waals surface area contributed by atoms with E-state index in [9.17, 15) is 9.59 Å². The number of benzene rings is 1. The minimum absolute atomic E-state index is 0.0321. The van der Waals surface area contributed by atoms with Crippen molar-refractivity contribution in [3.8, 4) is 0 Å². The number of pyridine rings is 1. The number of rotatable bonds is 2. The van der Waals surface area contributed by atoms with Crippen LogP contribution < -0.4 is 9.91 Å². The normalized spacial score (nSPS) is 35.0. The molecule has 8 heteroatoms. The van der Waals surface area contributed by atoms with E-state index in [1.165, 1.54) is 4.90 Å². The minimum Gasteiger partial charge on any atom is -0.274 e. The summed E-state index contributed by atoms with van der Waals surface area (Å²) in [4.78, 5) is 31.9. The average Bonchev–Trinajstić information content (AvgIpc) is 3.44. The van der Waals surface area contributed by atoms with Crippen LogP contribution in [0.4, 0.5) is 11.5 Å². The first-order valence-electron chi connectivity index (χ1n) is 9.39. The largest absolute Gasteiger partial charge is 0.274 e. The topological polar surface area (TPSA) is 78.2 Å². The molecule has 3 fully saturated rings. The molecule has 1 saturated heterocycles. The van der Waals surface area contributed by atoms with Crippen molar-refractivity contribution in [3.63, 3.8) is 0 Å². The predicted octanol–water partition coefficient (Wildman–Crippen LogP) is 3.22. The molecule has 0 N–H and O–H groups in total. The number of carbonyl (C=O) groups is 2. The summed E-state index contributed by atoms with van der Waals surface area (Å²) < 4.78 is 1.000. The van der Waals surface area contributed by atoms with Gasteiger partial charge < -0.3 is 0 Å². The van der Waals surface area contributed by atoms with Gasteiger partial charge >= 0.3 is 0 Å². The van der Waals surface area contributed by atoms with Crippen LogP contribution in [-0.2, 0) is 9.59 Å². The Kier molecular flexibility index (Phi) is 3.33. The molecule has 2 amide bonds. The Balaban J connectivity index is 1.36. The van der Waals surface area contributed by atoms with Crippen LogP contribution in [0.2, 0.25) is 0 Å². The van der Waals surface area contributed by atoms with Gasteiger partial charge in [0.2, 0.25) is 11.8 Å². The van der Waals surface area contributed by atoms with Crippen LogP contribution in [0, 0.1) is 23.7 Å². The third-order valence-corrected chi connectivity index (χ3v) is 7.15. The third-order valence-electron chi connectivity index (χ3n) is 6.63. The summed E-state index contributed by atoms with van der Waals surface area (Å²) in [7, 11) is 0. The number of amides is 2. The molecule has 28 heavy (non-hydrogen) atoms. The van der Waals surface area contributed by atoms with E-state index in [1.54, 1.807) is 24.4 Å². The van der Waals surface area contributed by atoms with E-state index in [0.717, 1.165) is 16.6 Å². The molecule has 1 aromatic carbocycles. The van der Waals surface area contributed by atoms with Crippen LogP contribution in [0.1, 0.15) is 6.42 Å². The molecular weight excluding hydrogens is 422 g/mol. The standard InChI is InChI=1S/C20H16BrN5O2/c21-10-4-6-11(7-5-10)26-18-13-9-12(17(18)23-24-26)15-16(13)20(28)25(19(15)27)14-3-1-2-8-22-14/h1-8,12-13,15-18H,9H2/t12-,13+,15-,16+,17-,18+/m1/s1. The SMILES string of the molecule is O=C1[C@@H]2[C@H]3C[C@@H]([C@@H]2C(=O)N1c1ccccn1)[C@H]1[C@@H]3N=NN1c1ccc(Br)cc1. The molecule has 7 nitrogen and oxygen atoms in total. The van der Waals surface area contributed by atoms with Gasteiger partial charge in [-0.1, -0.05) is 27.2 Å². The number of aromatic nitrogens is 1. The van der Waals surface area contributed by atoms with Crippen LogP contribution in [0.3, 0.4) is 0 Å². The Morgan fingerprint density at radius 1 is 0.964 bits per heavy atom. The summed E-state index contributed by atoms with van der Waals surface area (Å²) in [5.41, 5.74) is 0.960. The lowest BCUT2D eigenvalue weighted by atomic mass is 9.76. The van der Waals surface area contributed by atoms with E-state index in [4.69, 9.17) is 0 Å². The zero-order chi connectivity index (χ0) is 19.0. The lowest BCUT2D eigenvalue weighted by Gasteiger charge is -2.33. The molecule has 140 valence electrons. The molecule has 2 aromatic rings. The zero-order valence-electron chi connectivity index (χ0n) is 14.7. The van der Waals surface area contributed by atoms with Gasteiger partial charge in [0.15, 0.2) is 0 Å². The molecular formula is C20H16BrN5O2. The third kappa shape index (κ3) is 2.01. The van der Waals surface area contributed by atoms with Crippen LogP contribution in [0.15, 0.2) is 63.5 Å². The first kappa shape index (κ1) is 16.4. The number of imide groups is 1. The molecule has 0 spiro atoms. The number of halogens is 1. The van der Waals surface area contributed by atoms with E-state index in [1.807, 2.05) is 29.3 Å². The second-order valence-corrected chi connectivity index (χ2v) is 8.74. The Morgan fingerprint density at radius 2 is 1.71 bits per heavy atom. The molecule has 4 aliphatic rings. The van der Waals surface area contributed by atoms with Crippen molar-refractivity contribution in [3.05, 3.63) is 53.1 Å². The minimum atomic E-state index is -0.304.